The molecule has 0 spiro atoms. The minimum Gasteiger partial charge on any atom is -0.382 e. The summed E-state index contributed by atoms with van der Waals surface area (Å²) in [7, 11) is -3.53. The maximum atomic E-state index is 12.4. The molecule has 1 N–H and O–H groups in total. The maximum absolute atomic E-state index is 12.4. The van der Waals surface area contributed by atoms with Gasteiger partial charge in [-0.3, -0.25) is 0 Å². The molecule has 7 heteroatoms. The van der Waals surface area contributed by atoms with Crippen LogP contribution in [0.5, 0.6) is 5.75 Å². The molecule has 0 radical (unpaired) electrons. The molecule has 0 aliphatic heterocycles. The van der Waals surface area contributed by atoms with Gasteiger partial charge in [0.25, 0.3) is 0 Å². The van der Waals surface area contributed by atoms with Gasteiger partial charge in [0.2, 0.25) is 0 Å². The zero-order valence-corrected chi connectivity index (χ0v) is 16.4. The second-order valence-corrected chi connectivity index (χ2v) is 7.90. The Labute approximate surface area is 151 Å². The van der Waals surface area contributed by atoms with Crippen LogP contribution in [0.4, 0.5) is 4.79 Å². The number of hydrogen-bond acceptors (Lipinski definition) is 4. The summed E-state index contributed by atoms with van der Waals surface area (Å²) in [6, 6.07) is 6.85. The van der Waals surface area contributed by atoms with Crippen molar-refractivity contribution in [2.24, 2.45) is 0 Å². The van der Waals surface area contributed by atoms with Crippen LogP contribution in [-0.2, 0) is 16.7 Å². The molecular weight excluding hydrogens is 340 g/mol. The summed E-state index contributed by atoms with van der Waals surface area (Å²) in [5, 5.41) is 2.95. The Balaban J connectivity index is 2.78. The fourth-order valence-electron chi connectivity index (χ4n) is 2.17. The summed E-state index contributed by atoms with van der Waals surface area (Å²) in [5.74, 6) is 0.210. The third-order valence-corrected chi connectivity index (χ3v) is 5.20. The molecule has 6 nitrogen and oxygen atoms in total. The van der Waals surface area contributed by atoms with Crippen LogP contribution < -0.4 is 9.50 Å². The van der Waals surface area contributed by atoms with Gasteiger partial charge < -0.3 is 14.4 Å². The number of benzene rings is 1. The van der Waals surface area contributed by atoms with Crippen molar-refractivity contribution in [3.63, 3.8) is 0 Å². The fourth-order valence-corrected chi connectivity index (χ4v) is 2.70. The standard InChI is InChI=1S/C18H30N2O4S/c1-5-8-13-19-18(21)20(15(4)6-2)14-16-9-11-17(12-10-16)24-25(22,23)7-3/h9-12,15H,5-8,13-14H2,1-4H3,(H,19,21)/t15-/m0/s1. The second kappa shape index (κ2) is 10.3. The fraction of sp³-hybridized carbons (Fsp3) is 0.611. The zero-order chi connectivity index (χ0) is 18.9. The van der Waals surface area contributed by atoms with Gasteiger partial charge in [0, 0.05) is 19.1 Å². The number of rotatable bonds is 10. The molecule has 0 saturated carbocycles. The van der Waals surface area contributed by atoms with E-state index in [4.69, 9.17) is 4.18 Å². The van der Waals surface area contributed by atoms with Crippen molar-refractivity contribution < 1.29 is 17.4 Å². The molecule has 0 aromatic heterocycles. The molecule has 1 atom stereocenters. The van der Waals surface area contributed by atoms with Crippen molar-refractivity contribution in [3.8, 4) is 5.75 Å². The van der Waals surface area contributed by atoms with Gasteiger partial charge in [-0.2, -0.15) is 8.42 Å². The highest BCUT2D eigenvalue weighted by Gasteiger charge is 2.19. The van der Waals surface area contributed by atoms with Crippen LogP contribution >= 0.6 is 0 Å². The van der Waals surface area contributed by atoms with Gasteiger partial charge in [0.05, 0.1) is 5.75 Å². The summed E-state index contributed by atoms with van der Waals surface area (Å²) >= 11 is 0. The average Bonchev–Trinajstić information content (AvgIpc) is 2.60. The lowest BCUT2D eigenvalue weighted by Gasteiger charge is -2.29. The van der Waals surface area contributed by atoms with E-state index in [9.17, 15) is 13.2 Å². The van der Waals surface area contributed by atoms with E-state index in [-0.39, 0.29) is 23.6 Å². The predicted molar refractivity (Wildman–Crippen MR) is 100 cm³/mol. The first-order chi connectivity index (χ1) is 11.8. The number of carbonyl (C=O) groups is 1. The SMILES string of the molecule is CCCCNC(=O)N(Cc1ccc(OS(=O)(=O)CC)cc1)[C@@H](C)CC. The van der Waals surface area contributed by atoms with Crippen LogP contribution in [0.2, 0.25) is 0 Å². The first kappa shape index (κ1) is 21.3. The first-order valence-electron chi connectivity index (χ1n) is 8.88. The highest BCUT2D eigenvalue weighted by molar-refractivity contribution is 7.87. The van der Waals surface area contributed by atoms with Crippen molar-refractivity contribution in [2.45, 2.75) is 59.5 Å². The molecule has 1 rings (SSSR count). The molecule has 25 heavy (non-hydrogen) atoms. The molecule has 0 unspecified atom stereocenters. The molecule has 0 bridgehead atoms. The summed E-state index contributed by atoms with van der Waals surface area (Å²) in [6.07, 6.45) is 2.85. The lowest BCUT2D eigenvalue weighted by molar-refractivity contribution is 0.173. The third-order valence-electron chi connectivity index (χ3n) is 4.04. The van der Waals surface area contributed by atoms with Crippen LogP contribution in [0.15, 0.2) is 24.3 Å². The quantitative estimate of drug-likeness (QED) is 0.505. The minimum absolute atomic E-state index is 0.0725. The monoisotopic (exact) mass is 370 g/mol. The number of carbonyl (C=O) groups excluding carboxylic acids is 1. The van der Waals surface area contributed by atoms with Crippen LogP contribution in [-0.4, -0.2) is 37.7 Å². The summed E-state index contributed by atoms with van der Waals surface area (Å²) < 4.78 is 28.0. The van der Waals surface area contributed by atoms with Gasteiger partial charge in [-0.25, -0.2) is 4.79 Å². The molecule has 2 amide bonds. The van der Waals surface area contributed by atoms with E-state index in [0.29, 0.717) is 13.1 Å². The predicted octanol–water partition coefficient (Wildman–Crippen LogP) is 3.53. The van der Waals surface area contributed by atoms with Crippen molar-refractivity contribution in [2.75, 3.05) is 12.3 Å². The third kappa shape index (κ3) is 7.34. The highest BCUT2D eigenvalue weighted by atomic mass is 32.2. The van der Waals surface area contributed by atoms with Gasteiger partial charge in [-0.15, -0.1) is 0 Å². The minimum atomic E-state index is -3.53. The average molecular weight is 371 g/mol. The lowest BCUT2D eigenvalue weighted by Crippen LogP contribution is -2.44. The molecule has 0 saturated heterocycles. The van der Waals surface area contributed by atoms with Crippen molar-refractivity contribution in [1.29, 1.82) is 0 Å². The number of unbranched alkanes of at least 4 members (excludes halogenated alkanes) is 1. The Hall–Kier alpha value is -1.76. The van der Waals surface area contributed by atoms with Gasteiger partial charge in [-0.05, 0) is 44.4 Å². The molecule has 0 aliphatic carbocycles. The van der Waals surface area contributed by atoms with E-state index >= 15 is 0 Å². The van der Waals surface area contributed by atoms with E-state index in [1.165, 1.54) is 6.92 Å². The number of hydrogen-bond donors (Lipinski definition) is 1. The van der Waals surface area contributed by atoms with Crippen molar-refractivity contribution in [3.05, 3.63) is 29.8 Å². The van der Waals surface area contributed by atoms with Crippen LogP contribution in [0, 0.1) is 0 Å². The van der Waals surface area contributed by atoms with Crippen LogP contribution in [0.3, 0.4) is 0 Å². The molecule has 1 aromatic carbocycles. The summed E-state index contributed by atoms with van der Waals surface area (Å²) in [6.45, 7) is 8.82. The Kier molecular flexibility index (Phi) is 8.75. The Bertz CT molecular complexity index is 629. The maximum Gasteiger partial charge on any atom is 0.317 e. The van der Waals surface area contributed by atoms with Crippen LogP contribution in [0.25, 0.3) is 0 Å². The van der Waals surface area contributed by atoms with E-state index < -0.39 is 10.1 Å². The summed E-state index contributed by atoms with van der Waals surface area (Å²) in [5.41, 5.74) is 0.923. The molecule has 0 aliphatic rings. The smallest absolute Gasteiger partial charge is 0.317 e. The van der Waals surface area contributed by atoms with E-state index in [2.05, 4.69) is 12.2 Å². The van der Waals surface area contributed by atoms with Gasteiger partial charge in [0.15, 0.2) is 0 Å². The number of amides is 2. The number of nitrogens with zero attached hydrogens (tertiary/aromatic N) is 1. The topological polar surface area (TPSA) is 75.7 Å². The van der Waals surface area contributed by atoms with E-state index in [1.807, 2.05) is 13.8 Å². The first-order valence-corrected chi connectivity index (χ1v) is 10.5. The Morgan fingerprint density at radius 3 is 2.36 bits per heavy atom. The summed E-state index contributed by atoms with van der Waals surface area (Å²) in [4.78, 5) is 14.2. The largest absolute Gasteiger partial charge is 0.382 e. The van der Waals surface area contributed by atoms with Gasteiger partial charge >= 0.3 is 16.1 Å². The molecule has 142 valence electrons. The van der Waals surface area contributed by atoms with Gasteiger partial charge in [-0.1, -0.05) is 32.4 Å². The molecule has 0 fully saturated rings. The zero-order valence-electron chi connectivity index (χ0n) is 15.6. The number of nitrogens with one attached hydrogen (secondary N) is 1. The van der Waals surface area contributed by atoms with Crippen molar-refractivity contribution in [1.82, 2.24) is 10.2 Å². The molecular formula is C18H30N2O4S. The normalized spacial score (nSPS) is 12.5. The Morgan fingerprint density at radius 2 is 1.84 bits per heavy atom. The Morgan fingerprint density at radius 1 is 1.20 bits per heavy atom. The second-order valence-electron chi connectivity index (χ2n) is 6.04. The number of urea groups is 1. The van der Waals surface area contributed by atoms with Crippen molar-refractivity contribution >= 4 is 16.1 Å². The van der Waals surface area contributed by atoms with E-state index in [0.717, 1.165) is 24.8 Å². The molecule has 1 aromatic rings. The highest BCUT2D eigenvalue weighted by Crippen LogP contribution is 2.17. The van der Waals surface area contributed by atoms with Crippen LogP contribution in [0.1, 0.15) is 52.5 Å². The lowest BCUT2D eigenvalue weighted by atomic mass is 10.1. The van der Waals surface area contributed by atoms with E-state index in [1.54, 1.807) is 29.2 Å². The molecule has 0 heterocycles. The van der Waals surface area contributed by atoms with Gasteiger partial charge in [0.1, 0.15) is 5.75 Å².